The lowest BCUT2D eigenvalue weighted by molar-refractivity contribution is 0.0614. The Kier molecular flexibility index (Phi) is 5.57. The number of hydrogen-bond donors (Lipinski definition) is 0. The fourth-order valence-electron chi connectivity index (χ4n) is 4.08. The first-order valence-electron chi connectivity index (χ1n) is 9.08. The van der Waals surface area contributed by atoms with Crippen LogP contribution in [0.25, 0.3) is 0 Å². The third kappa shape index (κ3) is 3.64. The molecule has 6 heteroatoms. The summed E-state index contributed by atoms with van der Waals surface area (Å²) in [5.74, 6) is -1.92. The molecule has 0 N–H and O–H groups in total. The molecule has 2 saturated heterocycles. The summed E-state index contributed by atoms with van der Waals surface area (Å²) in [6, 6.07) is 2.79. The van der Waals surface area contributed by atoms with E-state index >= 15 is 0 Å². The summed E-state index contributed by atoms with van der Waals surface area (Å²) in [6.45, 7) is 5.64. The first-order valence-corrected chi connectivity index (χ1v) is 9.08. The Labute approximate surface area is 147 Å². The van der Waals surface area contributed by atoms with Gasteiger partial charge in [-0.15, -0.1) is 0 Å². The summed E-state index contributed by atoms with van der Waals surface area (Å²) < 4.78 is 33.2. The summed E-state index contributed by atoms with van der Waals surface area (Å²) in [5, 5.41) is 0. The third-order valence-corrected chi connectivity index (χ3v) is 5.72. The molecule has 2 aliphatic heterocycles. The van der Waals surface area contributed by atoms with Gasteiger partial charge < -0.3 is 14.5 Å². The molecule has 0 spiro atoms. The molecule has 0 bridgehead atoms. The Bertz CT molecular complexity index is 624. The average Bonchev–Trinajstić information content (AvgIpc) is 3.16. The van der Waals surface area contributed by atoms with Crippen molar-refractivity contribution in [2.75, 3.05) is 33.3 Å². The lowest BCUT2D eigenvalue weighted by Crippen LogP contribution is -2.45. The van der Waals surface area contributed by atoms with Crippen molar-refractivity contribution >= 4 is 5.91 Å². The smallest absolute Gasteiger partial charge is 0.259 e. The Morgan fingerprint density at radius 2 is 1.80 bits per heavy atom. The van der Waals surface area contributed by atoms with E-state index in [4.69, 9.17) is 4.74 Å². The van der Waals surface area contributed by atoms with Crippen molar-refractivity contribution < 1.29 is 18.3 Å². The fourth-order valence-corrected chi connectivity index (χ4v) is 4.08. The van der Waals surface area contributed by atoms with E-state index in [-0.39, 0.29) is 5.75 Å². The second-order valence-corrected chi connectivity index (χ2v) is 7.05. The van der Waals surface area contributed by atoms with Crippen LogP contribution < -0.4 is 4.74 Å². The molecule has 138 valence electrons. The average molecular weight is 352 g/mol. The molecule has 0 saturated carbocycles. The van der Waals surface area contributed by atoms with Crippen LogP contribution in [-0.2, 0) is 0 Å². The van der Waals surface area contributed by atoms with Crippen LogP contribution >= 0.6 is 0 Å². The summed E-state index contributed by atoms with van der Waals surface area (Å²) in [5.41, 5.74) is -0.509. The van der Waals surface area contributed by atoms with Crippen molar-refractivity contribution in [1.29, 1.82) is 0 Å². The predicted molar refractivity (Wildman–Crippen MR) is 91.8 cm³/mol. The van der Waals surface area contributed by atoms with Crippen LogP contribution in [0, 0.1) is 17.6 Å². The molecule has 1 aromatic carbocycles. The van der Waals surface area contributed by atoms with E-state index < -0.39 is 23.1 Å². The lowest BCUT2D eigenvalue weighted by atomic mass is 9.89. The number of halogens is 2. The number of piperidine rings is 1. The summed E-state index contributed by atoms with van der Waals surface area (Å²) in [6.07, 6.45) is 4.26. The van der Waals surface area contributed by atoms with Crippen molar-refractivity contribution in [1.82, 2.24) is 9.80 Å². The van der Waals surface area contributed by atoms with Gasteiger partial charge in [0, 0.05) is 19.1 Å². The number of amides is 1. The molecule has 0 unspecified atom stereocenters. The number of benzene rings is 1. The molecule has 25 heavy (non-hydrogen) atoms. The summed E-state index contributed by atoms with van der Waals surface area (Å²) in [7, 11) is 1.30. The highest BCUT2D eigenvalue weighted by atomic mass is 19.1. The Hall–Kier alpha value is -1.69. The minimum absolute atomic E-state index is 0.109. The minimum atomic E-state index is -0.917. The number of carbonyl (C=O) groups is 1. The standard InChI is InChI=1S/C19H26F2N2O2/c1-13(22-9-3-4-10-22)14-7-11-23(12-8-14)19(24)17-15(20)5-6-16(25-2)18(17)21/h5-6,13-14H,3-4,7-12H2,1-2H3/t13-/m0/s1. The van der Waals surface area contributed by atoms with Gasteiger partial charge in [0.15, 0.2) is 11.6 Å². The number of ether oxygens (including phenoxy) is 1. The molecule has 3 rings (SSSR count). The molecule has 1 atom stereocenters. The Morgan fingerprint density at radius 3 is 2.40 bits per heavy atom. The molecular weight excluding hydrogens is 326 g/mol. The van der Waals surface area contributed by atoms with E-state index in [1.54, 1.807) is 4.90 Å². The lowest BCUT2D eigenvalue weighted by Gasteiger charge is -2.38. The predicted octanol–water partition coefficient (Wildman–Crippen LogP) is 3.31. The van der Waals surface area contributed by atoms with Crippen LogP contribution in [0.3, 0.4) is 0 Å². The highest BCUT2D eigenvalue weighted by molar-refractivity contribution is 5.95. The van der Waals surface area contributed by atoms with Crippen molar-refractivity contribution in [2.45, 2.75) is 38.6 Å². The normalized spacial score (nSPS) is 20.7. The maximum atomic E-state index is 14.3. The van der Waals surface area contributed by atoms with Gasteiger partial charge in [-0.3, -0.25) is 4.79 Å². The van der Waals surface area contributed by atoms with E-state index in [2.05, 4.69) is 11.8 Å². The van der Waals surface area contributed by atoms with E-state index in [1.807, 2.05) is 0 Å². The minimum Gasteiger partial charge on any atom is -0.494 e. The van der Waals surface area contributed by atoms with Gasteiger partial charge in [-0.2, -0.15) is 0 Å². The quantitative estimate of drug-likeness (QED) is 0.833. The Morgan fingerprint density at radius 1 is 1.16 bits per heavy atom. The number of methoxy groups -OCH3 is 1. The molecule has 0 aliphatic carbocycles. The molecule has 0 aromatic heterocycles. The first kappa shape index (κ1) is 18.1. The zero-order valence-electron chi connectivity index (χ0n) is 14.9. The Balaban J connectivity index is 1.66. The van der Waals surface area contributed by atoms with Crippen LogP contribution in [0.2, 0.25) is 0 Å². The van der Waals surface area contributed by atoms with Crippen LogP contribution in [-0.4, -0.2) is 55.0 Å². The largest absolute Gasteiger partial charge is 0.494 e. The highest BCUT2D eigenvalue weighted by Crippen LogP contribution is 2.29. The molecule has 2 fully saturated rings. The van der Waals surface area contributed by atoms with Gasteiger partial charge in [0.2, 0.25) is 0 Å². The van der Waals surface area contributed by atoms with Crippen LogP contribution in [0.4, 0.5) is 8.78 Å². The summed E-state index contributed by atoms with van der Waals surface area (Å²) >= 11 is 0. The van der Waals surface area contributed by atoms with Gasteiger partial charge in [-0.05, 0) is 63.7 Å². The zero-order valence-corrected chi connectivity index (χ0v) is 14.9. The SMILES string of the molecule is COc1ccc(F)c(C(=O)N2CCC([C@H](C)N3CCCC3)CC2)c1F. The van der Waals surface area contributed by atoms with Crippen molar-refractivity contribution in [3.05, 3.63) is 29.3 Å². The number of nitrogens with zero attached hydrogens (tertiary/aromatic N) is 2. The second kappa shape index (κ2) is 7.68. The molecule has 1 aromatic rings. The summed E-state index contributed by atoms with van der Waals surface area (Å²) in [4.78, 5) is 16.7. The monoisotopic (exact) mass is 352 g/mol. The van der Waals surface area contributed by atoms with Gasteiger partial charge in [0.25, 0.3) is 5.91 Å². The van der Waals surface area contributed by atoms with Crippen LogP contribution in [0.5, 0.6) is 5.75 Å². The van der Waals surface area contributed by atoms with Crippen molar-refractivity contribution in [2.24, 2.45) is 5.92 Å². The van der Waals surface area contributed by atoms with Gasteiger partial charge in [0.05, 0.1) is 7.11 Å². The zero-order chi connectivity index (χ0) is 18.0. The third-order valence-electron chi connectivity index (χ3n) is 5.72. The van der Waals surface area contributed by atoms with Crippen molar-refractivity contribution in [3.63, 3.8) is 0 Å². The number of likely N-dealkylation sites (tertiary alicyclic amines) is 2. The van der Waals surface area contributed by atoms with E-state index in [9.17, 15) is 13.6 Å². The fraction of sp³-hybridized carbons (Fsp3) is 0.632. The topological polar surface area (TPSA) is 32.8 Å². The maximum absolute atomic E-state index is 14.3. The molecule has 2 aliphatic rings. The van der Waals surface area contributed by atoms with E-state index in [0.29, 0.717) is 25.0 Å². The highest BCUT2D eigenvalue weighted by Gasteiger charge is 2.32. The van der Waals surface area contributed by atoms with E-state index in [1.165, 1.54) is 26.0 Å². The van der Waals surface area contributed by atoms with Crippen molar-refractivity contribution in [3.8, 4) is 5.75 Å². The molecule has 1 amide bonds. The number of rotatable bonds is 4. The van der Waals surface area contributed by atoms with Crippen LogP contribution in [0.1, 0.15) is 43.0 Å². The first-order chi connectivity index (χ1) is 12.0. The molecule has 2 heterocycles. The second-order valence-electron chi connectivity index (χ2n) is 7.05. The van der Waals surface area contributed by atoms with Gasteiger partial charge in [-0.1, -0.05) is 0 Å². The molecular formula is C19H26F2N2O2. The molecule has 0 radical (unpaired) electrons. The van der Waals surface area contributed by atoms with Gasteiger partial charge in [0.1, 0.15) is 11.4 Å². The van der Waals surface area contributed by atoms with Gasteiger partial charge in [-0.25, -0.2) is 8.78 Å². The number of carbonyl (C=O) groups excluding carboxylic acids is 1. The molecule has 4 nitrogen and oxygen atoms in total. The van der Waals surface area contributed by atoms with E-state index in [0.717, 1.165) is 32.0 Å². The number of hydrogen-bond acceptors (Lipinski definition) is 3. The van der Waals surface area contributed by atoms with Crippen LogP contribution in [0.15, 0.2) is 12.1 Å². The van der Waals surface area contributed by atoms with Gasteiger partial charge >= 0.3 is 0 Å². The maximum Gasteiger partial charge on any atom is 0.259 e.